The number of aromatic nitrogens is 1. The molecule has 1 rings (SSSR count). The lowest BCUT2D eigenvalue weighted by Crippen LogP contribution is -2.10. The summed E-state index contributed by atoms with van der Waals surface area (Å²) in [5, 5.41) is 0. The van der Waals surface area contributed by atoms with Gasteiger partial charge in [-0.05, 0) is 19.9 Å². The van der Waals surface area contributed by atoms with E-state index in [2.05, 4.69) is 9.71 Å². The van der Waals surface area contributed by atoms with Crippen LogP contribution in [0.15, 0.2) is 12.3 Å². The Bertz CT molecular complexity index is 443. The van der Waals surface area contributed by atoms with E-state index in [1.54, 1.807) is 6.07 Å². The van der Waals surface area contributed by atoms with Crippen molar-refractivity contribution in [2.75, 3.05) is 17.6 Å². The molecule has 0 aliphatic heterocycles. The van der Waals surface area contributed by atoms with Crippen LogP contribution < -0.4 is 9.46 Å². The Morgan fingerprint density at radius 3 is 2.67 bits per heavy atom. The first-order valence-corrected chi connectivity index (χ1v) is 6.38. The molecule has 0 saturated heterocycles. The van der Waals surface area contributed by atoms with Gasteiger partial charge in [0, 0.05) is 5.56 Å². The third-order valence-corrected chi connectivity index (χ3v) is 2.22. The molecule has 0 aliphatic rings. The van der Waals surface area contributed by atoms with Crippen molar-refractivity contribution in [2.45, 2.75) is 13.8 Å². The van der Waals surface area contributed by atoms with Crippen molar-refractivity contribution >= 4 is 15.7 Å². The molecule has 1 aromatic heterocycles. The lowest BCUT2D eigenvalue weighted by molar-refractivity contribution is 0.324. The number of nitrogens with one attached hydrogen (secondary N) is 1. The molecule has 0 amide bonds. The average molecular weight is 230 g/mol. The van der Waals surface area contributed by atoms with Gasteiger partial charge in [-0.25, -0.2) is 13.4 Å². The first-order valence-electron chi connectivity index (χ1n) is 4.49. The van der Waals surface area contributed by atoms with E-state index in [0.717, 1.165) is 11.8 Å². The van der Waals surface area contributed by atoms with Gasteiger partial charge < -0.3 is 4.74 Å². The highest BCUT2D eigenvalue weighted by molar-refractivity contribution is 7.92. The van der Waals surface area contributed by atoms with E-state index < -0.39 is 10.0 Å². The van der Waals surface area contributed by atoms with E-state index in [0.29, 0.717) is 18.2 Å². The Morgan fingerprint density at radius 1 is 1.53 bits per heavy atom. The Labute approximate surface area is 89.5 Å². The Hall–Kier alpha value is -1.30. The highest BCUT2D eigenvalue weighted by Gasteiger charge is 2.05. The van der Waals surface area contributed by atoms with Gasteiger partial charge in [-0.1, -0.05) is 0 Å². The molecule has 5 nitrogen and oxygen atoms in total. The fraction of sp³-hybridized carbons (Fsp3) is 0.444. The van der Waals surface area contributed by atoms with Crippen LogP contribution >= 0.6 is 0 Å². The number of anilines is 1. The molecule has 84 valence electrons. The monoisotopic (exact) mass is 230 g/mol. The standard InChI is InChI=1S/C9H14N2O3S/c1-4-14-9-7(2)5-8(6-10-9)11-15(3,12)13/h5-6,11H,4H2,1-3H3. The second-order valence-corrected chi connectivity index (χ2v) is 4.90. The van der Waals surface area contributed by atoms with Crippen LogP contribution in [-0.2, 0) is 10.0 Å². The number of hydrogen-bond acceptors (Lipinski definition) is 4. The summed E-state index contributed by atoms with van der Waals surface area (Å²) in [5.41, 5.74) is 1.24. The maximum atomic E-state index is 11.0. The fourth-order valence-corrected chi connectivity index (χ4v) is 1.66. The predicted molar refractivity (Wildman–Crippen MR) is 58.6 cm³/mol. The minimum Gasteiger partial charge on any atom is -0.478 e. The summed E-state index contributed by atoms with van der Waals surface area (Å²) in [6.07, 6.45) is 2.53. The summed E-state index contributed by atoms with van der Waals surface area (Å²) in [4.78, 5) is 4.00. The van der Waals surface area contributed by atoms with Crippen LogP contribution in [0.3, 0.4) is 0 Å². The molecule has 0 atom stereocenters. The Morgan fingerprint density at radius 2 is 2.20 bits per heavy atom. The maximum absolute atomic E-state index is 11.0. The average Bonchev–Trinajstić information content (AvgIpc) is 2.07. The molecular weight excluding hydrogens is 216 g/mol. The fourth-order valence-electron chi connectivity index (χ4n) is 1.12. The molecule has 0 aliphatic carbocycles. The van der Waals surface area contributed by atoms with Gasteiger partial charge in [0.25, 0.3) is 0 Å². The molecule has 0 radical (unpaired) electrons. The van der Waals surface area contributed by atoms with E-state index >= 15 is 0 Å². The number of nitrogens with zero attached hydrogens (tertiary/aromatic N) is 1. The van der Waals surface area contributed by atoms with Crippen LogP contribution in [0.5, 0.6) is 5.88 Å². The molecule has 1 heterocycles. The Kier molecular flexibility index (Phi) is 3.52. The molecule has 0 aromatic carbocycles. The molecule has 1 aromatic rings. The first-order chi connectivity index (χ1) is 6.92. The second kappa shape index (κ2) is 4.48. The smallest absolute Gasteiger partial charge is 0.229 e. The summed E-state index contributed by atoms with van der Waals surface area (Å²) in [5.74, 6) is 0.525. The Balaban J connectivity index is 2.91. The van der Waals surface area contributed by atoms with Gasteiger partial charge in [-0.15, -0.1) is 0 Å². The molecule has 0 bridgehead atoms. The van der Waals surface area contributed by atoms with Gasteiger partial charge in [-0.3, -0.25) is 4.72 Å². The zero-order chi connectivity index (χ0) is 11.5. The van der Waals surface area contributed by atoms with Crippen LogP contribution in [0.4, 0.5) is 5.69 Å². The largest absolute Gasteiger partial charge is 0.478 e. The number of rotatable bonds is 4. The molecular formula is C9H14N2O3S. The third-order valence-electron chi connectivity index (χ3n) is 1.61. The van der Waals surface area contributed by atoms with Crippen LogP contribution in [0.25, 0.3) is 0 Å². The predicted octanol–water partition coefficient (Wildman–Crippen LogP) is 1.16. The maximum Gasteiger partial charge on any atom is 0.229 e. The summed E-state index contributed by atoms with van der Waals surface area (Å²) in [6.45, 7) is 4.21. The van der Waals surface area contributed by atoms with Crippen molar-refractivity contribution in [1.82, 2.24) is 4.98 Å². The number of pyridine rings is 1. The second-order valence-electron chi connectivity index (χ2n) is 3.15. The van der Waals surface area contributed by atoms with Gasteiger partial charge in [-0.2, -0.15) is 0 Å². The van der Waals surface area contributed by atoms with Crippen molar-refractivity contribution < 1.29 is 13.2 Å². The molecule has 0 spiro atoms. The van der Waals surface area contributed by atoms with Crippen molar-refractivity contribution in [1.29, 1.82) is 0 Å². The number of sulfonamides is 1. The van der Waals surface area contributed by atoms with Crippen LogP contribution in [0.1, 0.15) is 12.5 Å². The lowest BCUT2D eigenvalue weighted by Gasteiger charge is -2.08. The summed E-state index contributed by atoms with van der Waals surface area (Å²) < 4.78 is 29.5. The summed E-state index contributed by atoms with van der Waals surface area (Å²) >= 11 is 0. The van der Waals surface area contributed by atoms with Crippen molar-refractivity contribution in [3.8, 4) is 5.88 Å². The van der Waals surface area contributed by atoms with Gasteiger partial charge in [0.2, 0.25) is 15.9 Å². The van der Waals surface area contributed by atoms with Crippen molar-refractivity contribution in [2.24, 2.45) is 0 Å². The summed E-state index contributed by atoms with van der Waals surface area (Å²) in [7, 11) is -3.25. The van der Waals surface area contributed by atoms with Crippen LogP contribution in [0, 0.1) is 6.92 Å². The molecule has 0 fully saturated rings. The van der Waals surface area contributed by atoms with E-state index in [-0.39, 0.29) is 0 Å². The normalized spacial score (nSPS) is 11.1. The highest BCUT2D eigenvalue weighted by atomic mass is 32.2. The number of hydrogen-bond donors (Lipinski definition) is 1. The van der Waals surface area contributed by atoms with E-state index in [1.165, 1.54) is 6.20 Å². The van der Waals surface area contributed by atoms with Crippen molar-refractivity contribution in [3.05, 3.63) is 17.8 Å². The van der Waals surface area contributed by atoms with Gasteiger partial charge >= 0.3 is 0 Å². The van der Waals surface area contributed by atoms with Gasteiger partial charge in [0.15, 0.2) is 0 Å². The van der Waals surface area contributed by atoms with Crippen LogP contribution in [-0.4, -0.2) is 26.3 Å². The van der Waals surface area contributed by atoms with E-state index in [9.17, 15) is 8.42 Å². The summed E-state index contributed by atoms with van der Waals surface area (Å²) in [6, 6.07) is 1.68. The quantitative estimate of drug-likeness (QED) is 0.842. The van der Waals surface area contributed by atoms with Gasteiger partial charge in [0.1, 0.15) is 0 Å². The molecule has 0 unspecified atom stereocenters. The van der Waals surface area contributed by atoms with E-state index in [1.807, 2.05) is 13.8 Å². The van der Waals surface area contributed by atoms with Crippen molar-refractivity contribution in [3.63, 3.8) is 0 Å². The molecule has 1 N–H and O–H groups in total. The molecule has 15 heavy (non-hydrogen) atoms. The third kappa shape index (κ3) is 3.75. The highest BCUT2D eigenvalue weighted by Crippen LogP contribution is 2.18. The number of aryl methyl sites for hydroxylation is 1. The zero-order valence-electron chi connectivity index (χ0n) is 8.94. The van der Waals surface area contributed by atoms with Gasteiger partial charge in [0.05, 0.1) is 24.7 Å². The minimum atomic E-state index is -3.25. The first kappa shape index (κ1) is 11.8. The SMILES string of the molecule is CCOc1ncc(NS(C)(=O)=O)cc1C. The topological polar surface area (TPSA) is 68.3 Å². The van der Waals surface area contributed by atoms with E-state index in [4.69, 9.17) is 4.74 Å². The van der Waals surface area contributed by atoms with Crippen LogP contribution in [0.2, 0.25) is 0 Å². The minimum absolute atomic E-state index is 0.443. The molecule has 0 saturated carbocycles. The molecule has 6 heteroatoms. The zero-order valence-corrected chi connectivity index (χ0v) is 9.76. The lowest BCUT2D eigenvalue weighted by atomic mass is 10.3. The number of ether oxygens (including phenoxy) is 1.